The van der Waals surface area contributed by atoms with Gasteiger partial charge >= 0.3 is 0 Å². The number of para-hydroxylation sites is 4. The SMILES string of the molecule is O=C(COc1ccccc1)NCCCc1nc2ccccc2n1CC(=O)N1CCCc2ccccc21. The van der Waals surface area contributed by atoms with E-state index in [1.807, 2.05) is 82.3 Å². The molecule has 1 N–H and O–H groups in total. The summed E-state index contributed by atoms with van der Waals surface area (Å²) in [5, 5.41) is 2.90. The molecule has 2 amide bonds. The van der Waals surface area contributed by atoms with Gasteiger partial charge in [-0.05, 0) is 55.2 Å². The number of anilines is 1. The van der Waals surface area contributed by atoms with E-state index in [0.29, 0.717) is 25.1 Å². The first-order chi connectivity index (χ1) is 17.7. The molecule has 3 aromatic carbocycles. The van der Waals surface area contributed by atoms with Crippen LogP contribution in [0.15, 0.2) is 78.9 Å². The molecule has 0 radical (unpaired) electrons. The van der Waals surface area contributed by atoms with Gasteiger partial charge in [-0.3, -0.25) is 9.59 Å². The number of rotatable bonds is 9. The van der Waals surface area contributed by atoms with Crippen molar-refractivity contribution in [2.24, 2.45) is 0 Å². The van der Waals surface area contributed by atoms with Crippen LogP contribution in [0.3, 0.4) is 0 Å². The van der Waals surface area contributed by atoms with Crippen molar-refractivity contribution >= 4 is 28.5 Å². The van der Waals surface area contributed by atoms with E-state index in [1.165, 1.54) is 5.56 Å². The van der Waals surface area contributed by atoms with Crippen molar-refractivity contribution in [1.29, 1.82) is 0 Å². The Bertz CT molecular complexity index is 1350. The second-order valence-corrected chi connectivity index (χ2v) is 8.94. The Morgan fingerprint density at radius 1 is 0.944 bits per heavy atom. The summed E-state index contributed by atoms with van der Waals surface area (Å²) in [5.41, 5.74) is 4.06. The molecule has 0 bridgehead atoms. The minimum Gasteiger partial charge on any atom is -0.484 e. The molecule has 1 aliphatic rings. The fourth-order valence-corrected chi connectivity index (χ4v) is 4.70. The largest absolute Gasteiger partial charge is 0.484 e. The molecule has 0 aliphatic carbocycles. The standard InChI is InChI=1S/C29H30N4O3/c34-28(21-36-23-12-2-1-3-13-23)30-18-8-17-27-31-24-14-5-7-16-26(24)33(27)20-29(35)32-19-9-11-22-10-4-6-15-25(22)32/h1-7,10,12-16H,8-9,11,17-21H2,(H,30,34). The molecule has 7 heteroatoms. The predicted octanol–water partition coefficient (Wildman–Crippen LogP) is 4.14. The van der Waals surface area contributed by atoms with Crippen LogP contribution in [0.5, 0.6) is 5.75 Å². The molecule has 1 aromatic heterocycles. The molecule has 0 fully saturated rings. The van der Waals surface area contributed by atoms with Gasteiger partial charge < -0.3 is 19.5 Å². The van der Waals surface area contributed by atoms with E-state index in [0.717, 1.165) is 41.9 Å². The van der Waals surface area contributed by atoms with Crippen molar-refractivity contribution in [3.63, 3.8) is 0 Å². The number of aromatic nitrogens is 2. The topological polar surface area (TPSA) is 76.5 Å². The Kier molecular flexibility index (Phi) is 7.26. The maximum atomic E-state index is 13.4. The number of carbonyl (C=O) groups excluding carboxylic acids is 2. The number of imidazole rings is 1. The Balaban J connectivity index is 1.22. The van der Waals surface area contributed by atoms with Crippen LogP contribution in [-0.4, -0.2) is 41.1 Å². The number of benzene rings is 3. The Labute approximate surface area is 210 Å². The van der Waals surface area contributed by atoms with Crippen molar-refractivity contribution in [1.82, 2.24) is 14.9 Å². The number of nitrogens with one attached hydrogen (secondary N) is 1. The molecule has 0 atom stereocenters. The van der Waals surface area contributed by atoms with Crippen molar-refractivity contribution in [2.75, 3.05) is 24.6 Å². The van der Waals surface area contributed by atoms with E-state index in [-0.39, 0.29) is 25.0 Å². The van der Waals surface area contributed by atoms with Gasteiger partial charge in [0.25, 0.3) is 5.91 Å². The average molecular weight is 483 g/mol. The van der Waals surface area contributed by atoms with Crippen molar-refractivity contribution < 1.29 is 14.3 Å². The fraction of sp³-hybridized carbons (Fsp3) is 0.276. The number of carbonyl (C=O) groups is 2. The van der Waals surface area contributed by atoms with Gasteiger partial charge in [0.15, 0.2) is 6.61 Å². The fourth-order valence-electron chi connectivity index (χ4n) is 4.70. The summed E-state index contributed by atoms with van der Waals surface area (Å²) < 4.78 is 7.52. The van der Waals surface area contributed by atoms with E-state index in [1.54, 1.807) is 0 Å². The lowest BCUT2D eigenvalue weighted by molar-refractivity contribution is -0.123. The van der Waals surface area contributed by atoms with Crippen LogP contribution in [-0.2, 0) is 29.0 Å². The van der Waals surface area contributed by atoms with Gasteiger partial charge in [-0.15, -0.1) is 0 Å². The van der Waals surface area contributed by atoms with E-state index in [4.69, 9.17) is 9.72 Å². The van der Waals surface area contributed by atoms with Crippen LogP contribution in [0.1, 0.15) is 24.2 Å². The summed E-state index contributed by atoms with van der Waals surface area (Å²) in [6, 6.07) is 25.3. The smallest absolute Gasteiger partial charge is 0.257 e. The molecular formula is C29H30N4O3. The third-order valence-corrected chi connectivity index (χ3v) is 6.45. The first-order valence-corrected chi connectivity index (χ1v) is 12.5. The molecule has 184 valence electrons. The third kappa shape index (κ3) is 5.40. The van der Waals surface area contributed by atoms with Gasteiger partial charge in [-0.25, -0.2) is 4.98 Å². The summed E-state index contributed by atoms with van der Waals surface area (Å²) in [5.74, 6) is 1.43. The molecule has 0 saturated carbocycles. The zero-order valence-electron chi connectivity index (χ0n) is 20.2. The average Bonchev–Trinajstić information content (AvgIpc) is 3.27. The maximum Gasteiger partial charge on any atom is 0.257 e. The number of nitrogens with zero attached hydrogens (tertiary/aromatic N) is 3. The van der Waals surface area contributed by atoms with E-state index >= 15 is 0 Å². The molecule has 4 aromatic rings. The molecule has 36 heavy (non-hydrogen) atoms. The van der Waals surface area contributed by atoms with Gasteiger partial charge in [0.1, 0.15) is 18.1 Å². The Hall–Kier alpha value is -4.13. The lowest BCUT2D eigenvalue weighted by Crippen LogP contribution is -2.38. The van der Waals surface area contributed by atoms with E-state index in [2.05, 4.69) is 11.4 Å². The predicted molar refractivity (Wildman–Crippen MR) is 140 cm³/mol. The first kappa shape index (κ1) is 23.6. The normalized spacial score (nSPS) is 12.8. The van der Waals surface area contributed by atoms with Gasteiger partial charge in [0.05, 0.1) is 11.0 Å². The molecule has 0 spiro atoms. The minimum atomic E-state index is -0.161. The summed E-state index contributed by atoms with van der Waals surface area (Å²) >= 11 is 0. The second kappa shape index (κ2) is 11.1. The minimum absolute atomic E-state index is 0.0195. The lowest BCUT2D eigenvalue weighted by atomic mass is 10.0. The van der Waals surface area contributed by atoms with Gasteiger partial charge in [0, 0.05) is 25.2 Å². The van der Waals surface area contributed by atoms with E-state index in [9.17, 15) is 9.59 Å². The summed E-state index contributed by atoms with van der Waals surface area (Å²) in [6.45, 7) is 1.46. The monoisotopic (exact) mass is 482 g/mol. The summed E-state index contributed by atoms with van der Waals surface area (Å²) in [4.78, 5) is 32.3. The van der Waals surface area contributed by atoms with Crippen molar-refractivity contribution in [2.45, 2.75) is 32.2 Å². The van der Waals surface area contributed by atoms with E-state index < -0.39 is 0 Å². The molecule has 0 saturated heterocycles. The van der Waals surface area contributed by atoms with Crippen LogP contribution in [0, 0.1) is 0 Å². The number of fused-ring (bicyclic) bond motifs is 2. The highest BCUT2D eigenvalue weighted by Gasteiger charge is 2.23. The number of hydrogen-bond donors (Lipinski definition) is 1. The quantitative estimate of drug-likeness (QED) is 0.364. The summed E-state index contributed by atoms with van der Waals surface area (Å²) in [6.07, 6.45) is 3.33. The van der Waals surface area contributed by atoms with Gasteiger partial charge in [0.2, 0.25) is 5.91 Å². The molecule has 5 rings (SSSR count). The Morgan fingerprint density at radius 2 is 1.72 bits per heavy atom. The van der Waals surface area contributed by atoms with Gasteiger partial charge in [-0.2, -0.15) is 0 Å². The number of ether oxygens (including phenoxy) is 1. The first-order valence-electron chi connectivity index (χ1n) is 12.5. The molecule has 2 heterocycles. The highest BCUT2D eigenvalue weighted by molar-refractivity contribution is 5.95. The zero-order chi connectivity index (χ0) is 24.7. The number of amides is 2. The summed E-state index contributed by atoms with van der Waals surface area (Å²) in [7, 11) is 0. The highest BCUT2D eigenvalue weighted by Crippen LogP contribution is 2.27. The number of aryl methyl sites for hydroxylation is 2. The van der Waals surface area contributed by atoms with Crippen LogP contribution in [0.2, 0.25) is 0 Å². The molecule has 0 unspecified atom stereocenters. The lowest BCUT2D eigenvalue weighted by Gasteiger charge is -2.29. The molecule has 1 aliphatic heterocycles. The van der Waals surface area contributed by atoms with Crippen LogP contribution >= 0.6 is 0 Å². The van der Waals surface area contributed by atoms with Crippen molar-refractivity contribution in [3.05, 3.63) is 90.3 Å². The maximum absolute atomic E-state index is 13.4. The van der Waals surface area contributed by atoms with Gasteiger partial charge in [-0.1, -0.05) is 48.5 Å². The molecule has 7 nitrogen and oxygen atoms in total. The highest BCUT2D eigenvalue weighted by atomic mass is 16.5. The van der Waals surface area contributed by atoms with Crippen LogP contribution in [0.25, 0.3) is 11.0 Å². The van der Waals surface area contributed by atoms with Crippen molar-refractivity contribution in [3.8, 4) is 5.75 Å². The van der Waals surface area contributed by atoms with Crippen LogP contribution in [0.4, 0.5) is 5.69 Å². The van der Waals surface area contributed by atoms with Crippen LogP contribution < -0.4 is 15.0 Å². The number of hydrogen-bond acceptors (Lipinski definition) is 4. The third-order valence-electron chi connectivity index (χ3n) is 6.45. The Morgan fingerprint density at radius 3 is 2.61 bits per heavy atom. The zero-order valence-corrected chi connectivity index (χ0v) is 20.2. The molecular weight excluding hydrogens is 452 g/mol. The second-order valence-electron chi connectivity index (χ2n) is 8.94.